The third kappa shape index (κ3) is 2.14. The molecule has 15 heavy (non-hydrogen) atoms. The number of aromatic nitrogens is 1. The van der Waals surface area contributed by atoms with Crippen LogP contribution in [0, 0.1) is 17.0 Å². The van der Waals surface area contributed by atoms with Crippen molar-refractivity contribution in [1.29, 1.82) is 0 Å². The zero-order valence-electron chi connectivity index (χ0n) is 8.01. The summed E-state index contributed by atoms with van der Waals surface area (Å²) < 4.78 is 1.14. The Morgan fingerprint density at radius 2 is 2.00 bits per heavy atom. The second-order valence-corrected chi connectivity index (χ2v) is 5.28. The fourth-order valence-corrected chi connectivity index (χ4v) is 2.55. The minimum absolute atomic E-state index is 0.114. The van der Waals surface area contributed by atoms with Crippen molar-refractivity contribution in [3.8, 4) is 11.3 Å². The van der Waals surface area contributed by atoms with Gasteiger partial charge in [-0.2, -0.15) is 0 Å². The third-order valence-corrected chi connectivity index (χ3v) is 3.62. The number of nitro groups is 1. The Hall–Kier alpha value is -1.45. The van der Waals surface area contributed by atoms with Crippen molar-refractivity contribution in [1.82, 2.24) is 4.98 Å². The van der Waals surface area contributed by atoms with Gasteiger partial charge in [0.25, 0.3) is 0 Å². The molecule has 0 saturated heterocycles. The predicted octanol–water partition coefficient (Wildman–Crippen LogP) is 2.02. The van der Waals surface area contributed by atoms with Gasteiger partial charge >= 0.3 is 92.2 Å². The van der Waals surface area contributed by atoms with Crippen molar-refractivity contribution in [2.45, 2.75) is 6.92 Å². The first-order chi connectivity index (χ1) is 7.16. The summed E-state index contributed by atoms with van der Waals surface area (Å²) in [4.78, 5) is 16.5. The van der Waals surface area contributed by atoms with Crippen molar-refractivity contribution in [3.05, 3.63) is 43.9 Å². The fourth-order valence-electron chi connectivity index (χ4n) is 1.25. The number of non-ortho nitro benzene ring substituents is 1. The van der Waals surface area contributed by atoms with Crippen LogP contribution in [-0.2, 0) is 0 Å². The number of hydrogen-bond acceptors (Lipinski definition) is 3. The van der Waals surface area contributed by atoms with Gasteiger partial charge in [-0.25, -0.2) is 0 Å². The Bertz CT molecular complexity index is 490. The van der Waals surface area contributed by atoms with Crippen LogP contribution in [0.5, 0.6) is 0 Å². The summed E-state index contributed by atoms with van der Waals surface area (Å²) >= 11 is 0.344. The first kappa shape index (κ1) is 10.1. The molecule has 0 spiro atoms. The molecule has 1 aromatic heterocycles. The maximum atomic E-state index is 10.5. The Kier molecular flexibility index (Phi) is 2.66. The molecule has 0 N–H and O–H groups in total. The molecule has 0 unspecified atom stereocenters. The first-order valence-corrected chi connectivity index (χ1v) is 6.18. The van der Waals surface area contributed by atoms with Gasteiger partial charge in [0.05, 0.1) is 0 Å². The van der Waals surface area contributed by atoms with Crippen LogP contribution in [0.2, 0.25) is 0 Å². The SMILES string of the molecule is Cc1nc(-c2ccc([N+](=O)[O-])cc2)c[se]1. The average Bonchev–Trinajstić information content (AvgIpc) is 2.65. The van der Waals surface area contributed by atoms with Gasteiger partial charge in [0.1, 0.15) is 0 Å². The number of rotatable bonds is 2. The van der Waals surface area contributed by atoms with Crippen LogP contribution in [-0.4, -0.2) is 24.4 Å². The summed E-state index contributed by atoms with van der Waals surface area (Å²) in [6.07, 6.45) is 0. The minimum atomic E-state index is -0.398. The molecule has 2 rings (SSSR count). The van der Waals surface area contributed by atoms with Crippen molar-refractivity contribution in [2.75, 3.05) is 0 Å². The molecule has 0 bridgehead atoms. The van der Waals surface area contributed by atoms with E-state index in [1.54, 1.807) is 12.1 Å². The van der Waals surface area contributed by atoms with Crippen LogP contribution in [0.3, 0.4) is 0 Å². The zero-order chi connectivity index (χ0) is 10.8. The molecule has 1 aromatic carbocycles. The van der Waals surface area contributed by atoms with E-state index in [9.17, 15) is 10.1 Å². The van der Waals surface area contributed by atoms with E-state index in [0.717, 1.165) is 15.8 Å². The molecule has 0 atom stereocenters. The van der Waals surface area contributed by atoms with Crippen molar-refractivity contribution >= 4 is 20.2 Å². The summed E-state index contributed by atoms with van der Waals surface area (Å²) in [5.41, 5.74) is 1.99. The number of hydrogen-bond donors (Lipinski definition) is 0. The number of nitrogens with zero attached hydrogens (tertiary/aromatic N) is 2. The molecule has 0 amide bonds. The van der Waals surface area contributed by atoms with Crippen LogP contribution in [0.1, 0.15) is 4.57 Å². The first-order valence-electron chi connectivity index (χ1n) is 4.34. The van der Waals surface area contributed by atoms with Gasteiger partial charge in [-0.1, -0.05) is 0 Å². The quantitative estimate of drug-likeness (QED) is 0.475. The molecular weight excluding hydrogens is 259 g/mol. The molecule has 0 fully saturated rings. The summed E-state index contributed by atoms with van der Waals surface area (Å²) in [7, 11) is 0. The van der Waals surface area contributed by atoms with Crippen LogP contribution < -0.4 is 0 Å². The van der Waals surface area contributed by atoms with E-state index in [4.69, 9.17) is 0 Å². The van der Waals surface area contributed by atoms with Gasteiger partial charge in [0, 0.05) is 0 Å². The molecule has 0 aliphatic rings. The predicted molar refractivity (Wildman–Crippen MR) is 58.0 cm³/mol. The number of benzene rings is 1. The molecule has 0 saturated carbocycles. The Morgan fingerprint density at radius 1 is 1.33 bits per heavy atom. The molecular formula is C10H8N2O2Se. The van der Waals surface area contributed by atoms with Crippen LogP contribution >= 0.6 is 0 Å². The van der Waals surface area contributed by atoms with Gasteiger partial charge in [-0.15, -0.1) is 0 Å². The molecule has 76 valence electrons. The maximum absolute atomic E-state index is 10.5. The summed E-state index contributed by atoms with van der Waals surface area (Å²) in [5, 5.41) is 10.5. The monoisotopic (exact) mass is 268 g/mol. The van der Waals surface area contributed by atoms with Gasteiger partial charge in [0.15, 0.2) is 0 Å². The molecule has 2 aromatic rings. The zero-order valence-corrected chi connectivity index (χ0v) is 9.72. The second-order valence-electron chi connectivity index (χ2n) is 3.06. The topological polar surface area (TPSA) is 56.0 Å². The second kappa shape index (κ2) is 3.96. The fraction of sp³-hybridized carbons (Fsp3) is 0.100. The van der Waals surface area contributed by atoms with E-state index in [2.05, 4.69) is 9.92 Å². The van der Waals surface area contributed by atoms with Gasteiger partial charge < -0.3 is 0 Å². The molecule has 0 radical (unpaired) electrons. The van der Waals surface area contributed by atoms with Gasteiger partial charge in [-0.05, 0) is 0 Å². The van der Waals surface area contributed by atoms with Crippen LogP contribution in [0.25, 0.3) is 11.3 Å². The van der Waals surface area contributed by atoms with Gasteiger partial charge in [-0.3, -0.25) is 0 Å². The van der Waals surface area contributed by atoms with E-state index in [-0.39, 0.29) is 5.69 Å². The summed E-state index contributed by atoms with van der Waals surface area (Å²) in [6.45, 7) is 1.99. The van der Waals surface area contributed by atoms with Crippen molar-refractivity contribution < 1.29 is 4.92 Å². The average molecular weight is 267 g/mol. The standard InChI is InChI=1S/C10H8N2O2Se/c1-7-11-10(6-15-7)8-2-4-9(5-3-8)12(13)14/h2-6H,1H3. The van der Waals surface area contributed by atoms with E-state index in [1.807, 2.05) is 6.92 Å². The Labute approximate surface area is 92.5 Å². The van der Waals surface area contributed by atoms with Crippen molar-refractivity contribution in [2.24, 2.45) is 0 Å². The van der Waals surface area contributed by atoms with Gasteiger partial charge in [0.2, 0.25) is 0 Å². The molecule has 0 aliphatic heterocycles. The molecule has 5 heteroatoms. The molecule has 0 aliphatic carbocycles. The Balaban J connectivity index is 2.35. The number of nitro benzene ring substituents is 1. The summed E-state index contributed by atoms with van der Waals surface area (Å²) in [6, 6.07) is 6.49. The normalized spacial score (nSPS) is 10.2. The van der Waals surface area contributed by atoms with E-state index in [0.29, 0.717) is 14.5 Å². The van der Waals surface area contributed by atoms with Crippen molar-refractivity contribution in [3.63, 3.8) is 0 Å². The molecule has 4 nitrogen and oxygen atoms in total. The van der Waals surface area contributed by atoms with E-state index in [1.165, 1.54) is 12.1 Å². The third-order valence-electron chi connectivity index (χ3n) is 1.99. The van der Waals surface area contributed by atoms with Crippen LogP contribution in [0.4, 0.5) is 5.69 Å². The van der Waals surface area contributed by atoms with E-state index < -0.39 is 4.92 Å². The molecule has 1 heterocycles. The van der Waals surface area contributed by atoms with Crippen LogP contribution in [0.15, 0.2) is 29.2 Å². The summed E-state index contributed by atoms with van der Waals surface area (Å²) in [5.74, 6) is 0. The Morgan fingerprint density at radius 3 is 2.47 bits per heavy atom. The number of aryl methyl sites for hydroxylation is 1. The van der Waals surface area contributed by atoms with E-state index >= 15 is 0 Å².